The predicted molar refractivity (Wildman–Crippen MR) is 250 cm³/mol. The van der Waals surface area contributed by atoms with Crippen molar-refractivity contribution in [3.8, 4) is 28.3 Å². The maximum absolute atomic E-state index is 14.7. The molecule has 2 saturated heterocycles. The molecule has 17 nitrogen and oxygen atoms in total. The lowest BCUT2D eigenvalue weighted by molar-refractivity contribution is -0.189. The second-order valence-electron chi connectivity index (χ2n) is 19.2. The number of amides is 4. The number of rotatable bonds is 10. The van der Waals surface area contributed by atoms with Gasteiger partial charge in [0.05, 0.1) is 31.1 Å². The van der Waals surface area contributed by atoms with Gasteiger partial charge in [-0.1, -0.05) is 52.5 Å². The van der Waals surface area contributed by atoms with Gasteiger partial charge in [-0.05, 0) is 84.3 Å². The van der Waals surface area contributed by atoms with Crippen molar-refractivity contribution in [2.24, 2.45) is 11.3 Å². The number of benzene rings is 2. The van der Waals surface area contributed by atoms with Gasteiger partial charge in [0.25, 0.3) is 11.8 Å². The Morgan fingerprint density at radius 1 is 1.09 bits per heavy atom. The molecule has 0 unspecified atom stereocenters. The van der Waals surface area contributed by atoms with E-state index in [0.717, 1.165) is 55.0 Å². The van der Waals surface area contributed by atoms with Crippen molar-refractivity contribution in [3.05, 3.63) is 84.1 Å². The Morgan fingerprint density at radius 2 is 1.85 bits per heavy atom. The highest BCUT2D eigenvalue weighted by Gasteiger charge is 2.49. The molecule has 7 rings (SSSR count). The fraction of sp³-hybridized carbons (Fsp3) is 0.480. The van der Waals surface area contributed by atoms with E-state index in [1.54, 1.807) is 33.2 Å². The van der Waals surface area contributed by atoms with E-state index in [9.17, 15) is 39.3 Å². The van der Waals surface area contributed by atoms with E-state index in [0.29, 0.717) is 30.7 Å². The number of methoxy groups -OCH3 is 1. The Balaban J connectivity index is 1.32. The molecule has 0 spiro atoms. The number of hydrogen-bond donors (Lipinski definition) is 5. The first-order valence-electron chi connectivity index (χ1n) is 22.8. The number of cyclic esters (lactones) is 1. The van der Waals surface area contributed by atoms with Crippen LogP contribution in [0.5, 0.6) is 5.75 Å². The normalized spacial score (nSPS) is 22.6. The molecule has 3 aliphatic rings. The van der Waals surface area contributed by atoms with Crippen molar-refractivity contribution in [1.82, 2.24) is 35.1 Å². The number of aryl methyl sites for hydroxylation is 1. The number of fused-ring (bicyclic) bond motifs is 6. The van der Waals surface area contributed by atoms with E-state index in [2.05, 4.69) is 34.9 Å². The minimum atomic E-state index is -2.30. The van der Waals surface area contributed by atoms with Crippen LogP contribution < -0.4 is 10.7 Å². The number of aromatic hydroxyl groups is 1. The first-order chi connectivity index (χ1) is 31.7. The molecule has 67 heavy (non-hydrogen) atoms. The van der Waals surface area contributed by atoms with Crippen molar-refractivity contribution in [2.45, 2.75) is 103 Å². The Labute approximate surface area is 390 Å². The topological polar surface area (TPSA) is 216 Å². The lowest BCUT2D eigenvalue weighted by atomic mass is 9.84. The number of phenolic OH excluding ortho intramolecular Hbond substituents is 1. The zero-order valence-electron chi connectivity index (χ0n) is 39.4. The Bertz CT molecular complexity index is 2590. The molecule has 0 radical (unpaired) electrons. The second-order valence-corrected chi connectivity index (χ2v) is 19.2. The summed E-state index contributed by atoms with van der Waals surface area (Å²) in [6, 6.07) is 12.3. The zero-order valence-corrected chi connectivity index (χ0v) is 39.4. The molecule has 2 fully saturated rings. The molecule has 0 saturated carbocycles. The number of carbonyl (C=O) groups excluding carboxylic acids is 5. The standard InChI is InChI=1S/C50H63N7O10/c1-9-40(59)55-20-17-49(64,28-55)46(62)54(7)42(30(3)4)44(60)52-38-23-31-21-34(24-35(58)22-31)32-14-15-39-36(25-32)37(43(56(39)10-2)41-33(27-66-8)13-11-18-51-41)26-48(5,6)29-67-47(63)50(65)16-12-19-57(53-50)45(38)61/h9,11,13-15,18,21-22,24-25,30,38,42,53,58,64-65H,1,10,12,16-17,19-20,23,26-29H2,2-8H3,(H,52,60)/t38-,42-,49+,50-/m0/s1. The number of aromatic nitrogens is 2. The highest BCUT2D eigenvalue weighted by Crippen LogP contribution is 2.41. The first kappa shape index (κ1) is 48.8. The Hall–Kier alpha value is -6.14. The molecule has 2 aromatic heterocycles. The number of β-amino-alcohol motifs (C(OH)–C–C–N with tert-alkyl or cyclic N) is 1. The molecule has 17 heteroatoms. The molecule has 0 aliphatic carbocycles. The van der Waals surface area contributed by atoms with Crippen LogP contribution in [0.15, 0.2) is 67.4 Å². The summed E-state index contributed by atoms with van der Waals surface area (Å²) < 4.78 is 13.7. The van der Waals surface area contributed by atoms with Crippen LogP contribution in [0.3, 0.4) is 0 Å². The number of nitrogens with one attached hydrogen (secondary N) is 2. The lowest BCUT2D eigenvalue weighted by Gasteiger charge is -2.40. The summed E-state index contributed by atoms with van der Waals surface area (Å²) in [6.45, 7) is 13.7. The van der Waals surface area contributed by atoms with Gasteiger partial charge in [0.15, 0.2) is 5.60 Å². The lowest BCUT2D eigenvalue weighted by Crippen LogP contribution is -2.67. The number of nitrogens with zero attached hydrogens (tertiary/aromatic N) is 5. The minimum Gasteiger partial charge on any atom is -0.508 e. The minimum absolute atomic E-state index is 0.0496. The van der Waals surface area contributed by atoms with E-state index in [-0.39, 0.29) is 57.7 Å². The van der Waals surface area contributed by atoms with Gasteiger partial charge in [0, 0.05) is 81.1 Å². The van der Waals surface area contributed by atoms with Gasteiger partial charge >= 0.3 is 5.97 Å². The molecule has 6 bridgehead atoms. The summed E-state index contributed by atoms with van der Waals surface area (Å²) >= 11 is 0. The third-order valence-electron chi connectivity index (χ3n) is 13.1. The van der Waals surface area contributed by atoms with Crippen LogP contribution in [-0.4, -0.2) is 133 Å². The van der Waals surface area contributed by atoms with E-state index in [1.807, 2.05) is 44.2 Å². The first-order valence-corrected chi connectivity index (χ1v) is 22.8. The highest BCUT2D eigenvalue weighted by molar-refractivity contribution is 5.97. The van der Waals surface area contributed by atoms with Gasteiger partial charge < -0.3 is 44.5 Å². The average molecular weight is 922 g/mol. The van der Waals surface area contributed by atoms with Gasteiger partial charge in [0.2, 0.25) is 17.5 Å². The van der Waals surface area contributed by atoms with Gasteiger partial charge in [-0.2, -0.15) is 5.43 Å². The predicted octanol–water partition coefficient (Wildman–Crippen LogP) is 3.84. The number of likely N-dealkylation sites (N-methyl/N-ethyl adjacent to an activating group) is 1. The molecule has 3 aliphatic heterocycles. The number of carbonyl (C=O) groups is 5. The van der Waals surface area contributed by atoms with Crippen molar-refractivity contribution < 1.29 is 48.8 Å². The molecule has 2 aromatic carbocycles. The summed E-state index contributed by atoms with van der Waals surface area (Å²) in [5, 5.41) is 39.5. The monoisotopic (exact) mass is 921 g/mol. The number of hydrazine groups is 1. The summed E-state index contributed by atoms with van der Waals surface area (Å²) in [4.78, 5) is 76.9. The Morgan fingerprint density at radius 3 is 2.55 bits per heavy atom. The van der Waals surface area contributed by atoms with E-state index in [1.165, 1.54) is 18.0 Å². The van der Waals surface area contributed by atoms with Crippen molar-refractivity contribution in [3.63, 3.8) is 0 Å². The molecule has 4 aromatic rings. The van der Waals surface area contributed by atoms with Crippen LogP contribution in [0.2, 0.25) is 0 Å². The maximum Gasteiger partial charge on any atom is 0.355 e. The average Bonchev–Trinajstić information content (AvgIpc) is 3.84. The fourth-order valence-electron chi connectivity index (χ4n) is 9.86. The molecule has 4 atom stereocenters. The molecule has 358 valence electrons. The van der Waals surface area contributed by atoms with Crippen LogP contribution in [0.25, 0.3) is 33.4 Å². The van der Waals surface area contributed by atoms with E-state index >= 15 is 0 Å². The van der Waals surface area contributed by atoms with Crippen molar-refractivity contribution in [2.75, 3.05) is 40.4 Å². The number of aliphatic hydroxyl groups is 2. The SMILES string of the molecule is C=CC(=O)N1CC[C@](O)(C(=O)N(C)[C@H](C(=O)N[C@H]2Cc3cc(O)cc(c3)-c3ccc4c(c3)c(c(-c3ncccc3COC)n4CC)CC(C)(C)COC(=O)[C@@]3(O)CCCN(N3)C2=O)C(C)C)C1. The van der Waals surface area contributed by atoms with Crippen LogP contribution in [0, 0.1) is 11.3 Å². The van der Waals surface area contributed by atoms with E-state index < -0.39 is 64.3 Å². The van der Waals surface area contributed by atoms with Crippen LogP contribution in [0.4, 0.5) is 0 Å². The molecular weight excluding hydrogens is 859 g/mol. The smallest absolute Gasteiger partial charge is 0.355 e. The number of esters is 1. The van der Waals surface area contributed by atoms with Gasteiger partial charge in [0.1, 0.15) is 17.8 Å². The molecule has 4 amide bonds. The summed E-state index contributed by atoms with van der Waals surface area (Å²) in [5.74, 6) is -4.19. The fourth-order valence-corrected chi connectivity index (χ4v) is 9.86. The van der Waals surface area contributed by atoms with Gasteiger partial charge in [-0.15, -0.1) is 0 Å². The number of phenols is 1. The number of hydrogen-bond acceptors (Lipinski definition) is 12. The quantitative estimate of drug-likeness (QED) is 0.113. The Kier molecular flexibility index (Phi) is 14.0. The highest BCUT2D eigenvalue weighted by atomic mass is 16.6. The van der Waals surface area contributed by atoms with Crippen molar-refractivity contribution in [1.29, 1.82) is 0 Å². The third kappa shape index (κ3) is 9.82. The maximum atomic E-state index is 14.7. The van der Waals surface area contributed by atoms with Crippen molar-refractivity contribution >= 4 is 40.5 Å². The molecule has 5 N–H and O–H groups in total. The summed E-state index contributed by atoms with van der Waals surface area (Å²) in [6.07, 6.45) is 3.21. The largest absolute Gasteiger partial charge is 0.508 e. The number of pyridine rings is 1. The molecular formula is C50H63N7O10. The summed E-state index contributed by atoms with van der Waals surface area (Å²) in [5.41, 5.74) is 4.08. The van der Waals surface area contributed by atoms with Crippen LogP contribution in [0.1, 0.15) is 70.6 Å². The van der Waals surface area contributed by atoms with Gasteiger partial charge in [-0.25, -0.2) is 4.79 Å². The van der Waals surface area contributed by atoms with Crippen LogP contribution in [-0.2, 0) is 59.4 Å². The number of ether oxygens (including phenoxy) is 2. The zero-order chi connectivity index (χ0) is 48.6. The second kappa shape index (κ2) is 19.2. The van der Waals surface area contributed by atoms with Gasteiger partial charge in [-0.3, -0.25) is 29.2 Å². The third-order valence-corrected chi connectivity index (χ3v) is 13.1. The van der Waals surface area contributed by atoms with Crippen LogP contribution >= 0.6 is 0 Å². The molecule has 5 heterocycles. The number of likely N-dealkylation sites (tertiary alicyclic amines) is 1. The summed E-state index contributed by atoms with van der Waals surface area (Å²) in [7, 11) is 3.03. The van der Waals surface area contributed by atoms with E-state index in [4.69, 9.17) is 14.5 Å².